The molecule has 3 aromatic carbocycles. The lowest BCUT2D eigenvalue weighted by Crippen LogP contribution is -2.19. The van der Waals surface area contributed by atoms with Crippen molar-refractivity contribution >= 4 is 57.6 Å². The second kappa shape index (κ2) is 12.6. The third-order valence-electron chi connectivity index (χ3n) is 6.27. The summed E-state index contributed by atoms with van der Waals surface area (Å²) in [5.41, 5.74) is 3.75. The van der Waals surface area contributed by atoms with E-state index in [0.29, 0.717) is 27.1 Å². The molecular formula is C28H31ClN4O2S. The van der Waals surface area contributed by atoms with Crippen LogP contribution in [0, 0.1) is 5.92 Å². The van der Waals surface area contributed by atoms with Gasteiger partial charge in [-0.3, -0.25) is 4.79 Å². The highest BCUT2D eigenvalue weighted by atomic mass is 35.5. The summed E-state index contributed by atoms with van der Waals surface area (Å²) in [6.45, 7) is 0.961. The number of halogens is 1. The van der Waals surface area contributed by atoms with Crippen LogP contribution >= 0.6 is 23.8 Å². The minimum Gasteiger partial charge on any atom is -0.497 e. The van der Waals surface area contributed by atoms with Crippen molar-refractivity contribution in [2.45, 2.75) is 32.1 Å². The summed E-state index contributed by atoms with van der Waals surface area (Å²) in [4.78, 5) is 12.5. The number of methoxy groups -OCH3 is 1. The maximum absolute atomic E-state index is 12.5. The van der Waals surface area contributed by atoms with Crippen LogP contribution in [0.5, 0.6) is 5.75 Å². The van der Waals surface area contributed by atoms with Gasteiger partial charge in [-0.25, -0.2) is 0 Å². The number of hydrogen-bond donors (Lipinski definition) is 4. The fraction of sp³-hybridized carbons (Fsp3) is 0.286. The van der Waals surface area contributed by atoms with Gasteiger partial charge in [0, 0.05) is 29.2 Å². The van der Waals surface area contributed by atoms with Crippen molar-refractivity contribution in [2.24, 2.45) is 5.92 Å². The Morgan fingerprint density at radius 3 is 2.28 bits per heavy atom. The van der Waals surface area contributed by atoms with Crippen LogP contribution in [0.15, 0.2) is 66.7 Å². The molecular weight excluding hydrogens is 492 g/mol. The fourth-order valence-electron chi connectivity index (χ4n) is 4.28. The molecule has 8 heteroatoms. The Morgan fingerprint density at radius 2 is 1.58 bits per heavy atom. The van der Waals surface area contributed by atoms with Gasteiger partial charge in [0.05, 0.1) is 17.8 Å². The molecule has 0 saturated heterocycles. The molecule has 1 saturated carbocycles. The first-order valence-corrected chi connectivity index (χ1v) is 13.0. The van der Waals surface area contributed by atoms with Gasteiger partial charge in [0.2, 0.25) is 0 Å². The number of amides is 1. The van der Waals surface area contributed by atoms with E-state index in [0.717, 1.165) is 29.5 Å². The summed E-state index contributed by atoms with van der Waals surface area (Å²) >= 11 is 12.0. The number of thiocarbonyl (C=S) groups is 1. The van der Waals surface area contributed by atoms with E-state index < -0.39 is 0 Å². The Labute approximate surface area is 222 Å². The Bertz CT molecular complexity index is 1200. The fourth-order valence-corrected chi connectivity index (χ4v) is 4.76. The average Bonchev–Trinajstić information content (AvgIpc) is 2.90. The maximum Gasteiger partial charge on any atom is 0.255 e. The van der Waals surface area contributed by atoms with Gasteiger partial charge in [0.25, 0.3) is 5.91 Å². The van der Waals surface area contributed by atoms with Gasteiger partial charge < -0.3 is 26.0 Å². The van der Waals surface area contributed by atoms with Crippen molar-refractivity contribution < 1.29 is 9.53 Å². The molecule has 1 fully saturated rings. The zero-order valence-electron chi connectivity index (χ0n) is 20.3. The quantitative estimate of drug-likeness (QED) is 0.231. The Morgan fingerprint density at radius 1 is 0.917 bits per heavy atom. The summed E-state index contributed by atoms with van der Waals surface area (Å²) in [7, 11) is 1.57. The van der Waals surface area contributed by atoms with Crippen LogP contribution in [-0.4, -0.2) is 24.7 Å². The highest BCUT2D eigenvalue weighted by Crippen LogP contribution is 2.28. The van der Waals surface area contributed by atoms with Crippen LogP contribution in [0.3, 0.4) is 0 Å². The average molecular weight is 523 g/mol. The first-order valence-electron chi connectivity index (χ1n) is 12.2. The topological polar surface area (TPSA) is 74.4 Å². The van der Waals surface area contributed by atoms with E-state index in [1.165, 1.54) is 32.1 Å². The number of carbonyl (C=O) groups excluding carboxylic acids is 1. The highest BCUT2D eigenvalue weighted by molar-refractivity contribution is 7.80. The molecule has 0 atom stereocenters. The van der Waals surface area contributed by atoms with Crippen LogP contribution in [0.25, 0.3) is 0 Å². The number of hydrogen-bond acceptors (Lipinski definition) is 4. The Hall–Kier alpha value is -3.29. The summed E-state index contributed by atoms with van der Waals surface area (Å²) in [5.74, 6) is 1.15. The lowest BCUT2D eigenvalue weighted by atomic mass is 9.89. The highest BCUT2D eigenvalue weighted by Gasteiger charge is 2.14. The van der Waals surface area contributed by atoms with E-state index in [2.05, 4.69) is 21.3 Å². The first-order chi connectivity index (χ1) is 17.5. The summed E-state index contributed by atoms with van der Waals surface area (Å²) in [6.07, 6.45) is 6.60. The zero-order valence-corrected chi connectivity index (χ0v) is 21.8. The molecule has 0 radical (unpaired) electrons. The van der Waals surface area contributed by atoms with Crippen LogP contribution in [-0.2, 0) is 0 Å². The largest absolute Gasteiger partial charge is 0.497 e. The predicted octanol–water partition coefficient (Wildman–Crippen LogP) is 7.40. The second-order valence-electron chi connectivity index (χ2n) is 8.92. The smallest absolute Gasteiger partial charge is 0.255 e. The molecule has 4 rings (SSSR count). The van der Waals surface area contributed by atoms with Crippen molar-refractivity contribution in [3.8, 4) is 5.75 Å². The van der Waals surface area contributed by atoms with Gasteiger partial charge in [0.15, 0.2) is 5.11 Å². The summed E-state index contributed by atoms with van der Waals surface area (Å²) < 4.78 is 5.18. The molecule has 1 aliphatic carbocycles. The van der Waals surface area contributed by atoms with Gasteiger partial charge in [0.1, 0.15) is 5.75 Å². The van der Waals surface area contributed by atoms with E-state index in [1.54, 1.807) is 31.4 Å². The van der Waals surface area contributed by atoms with E-state index in [4.69, 9.17) is 28.6 Å². The lowest BCUT2D eigenvalue weighted by Gasteiger charge is -2.22. The molecule has 3 aromatic rings. The molecule has 0 unspecified atom stereocenters. The van der Waals surface area contributed by atoms with E-state index in [-0.39, 0.29) is 5.91 Å². The number of carbonyl (C=O) groups is 1. The molecule has 1 amide bonds. The normalized spacial score (nSPS) is 13.5. The number of ether oxygens (including phenoxy) is 1. The van der Waals surface area contributed by atoms with Crippen LogP contribution in [0.2, 0.25) is 5.02 Å². The van der Waals surface area contributed by atoms with Gasteiger partial charge >= 0.3 is 0 Å². The summed E-state index contributed by atoms with van der Waals surface area (Å²) in [5, 5.41) is 13.8. The molecule has 0 aliphatic heterocycles. The van der Waals surface area contributed by atoms with Crippen LogP contribution in [0.1, 0.15) is 42.5 Å². The third kappa shape index (κ3) is 7.35. The van der Waals surface area contributed by atoms with Gasteiger partial charge in [-0.2, -0.15) is 0 Å². The minimum atomic E-state index is -0.208. The predicted molar refractivity (Wildman–Crippen MR) is 154 cm³/mol. The summed E-state index contributed by atoms with van der Waals surface area (Å²) in [6, 6.07) is 20.1. The zero-order chi connectivity index (χ0) is 25.3. The molecule has 0 aromatic heterocycles. The maximum atomic E-state index is 12.5. The third-order valence-corrected chi connectivity index (χ3v) is 6.78. The molecule has 1 aliphatic rings. The Kier molecular flexibility index (Phi) is 9.03. The van der Waals surface area contributed by atoms with Crippen LogP contribution in [0.4, 0.5) is 22.7 Å². The molecule has 188 valence electrons. The number of benzene rings is 3. The molecule has 0 heterocycles. The van der Waals surface area contributed by atoms with E-state index >= 15 is 0 Å². The SMILES string of the molecule is COc1cccc(C(=O)Nc2ccc(NC(=S)Nc3ccc(NCC4CCCCC4)c(Cl)c3)cc2)c1. The first kappa shape index (κ1) is 25.8. The molecule has 0 spiro atoms. The van der Waals surface area contributed by atoms with E-state index in [1.807, 2.05) is 42.5 Å². The van der Waals surface area contributed by atoms with Gasteiger partial charge in [-0.1, -0.05) is 36.9 Å². The monoisotopic (exact) mass is 522 g/mol. The Balaban J connectivity index is 1.27. The van der Waals surface area contributed by atoms with Crippen molar-refractivity contribution in [3.63, 3.8) is 0 Å². The number of rotatable bonds is 8. The molecule has 4 N–H and O–H groups in total. The van der Waals surface area contributed by atoms with Gasteiger partial charge in [-0.05, 0) is 91.6 Å². The second-order valence-corrected chi connectivity index (χ2v) is 9.74. The van der Waals surface area contributed by atoms with Crippen molar-refractivity contribution in [3.05, 3.63) is 77.3 Å². The minimum absolute atomic E-state index is 0.208. The van der Waals surface area contributed by atoms with Crippen molar-refractivity contribution in [1.82, 2.24) is 0 Å². The number of nitrogens with one attached hydrogen (secondary N) is 4. The lowest BCUT2D eigenvalue weighted by molar-refractivity contribution is 0.102. The van der Waals surface area contributed by atoms with Crippen LogP contribution < -0.4 is 26.0 Å². The van der Waals surface area contributed by atoms with E-state index in [9.17, 15) is 4.79 Å². The number of anilines is 4. The standard InChI is InChI=1S/C28H31ClN4O2S/c1-35-24-9-5-8-20(16-24)27(34)31-21-10-12-22(13-11-21)32-28(36)33-23-14-15-26(25(29)17-23)30-18-19-6-3-2-4-7-19/h5,8-17,19,30H,2-4,6-7,18H2,1H3,(H,31,34)(H2,32,33,36). The van der Waals surface area contributed by atoms with Gasteiger partial charge in [-0.15, -0.1) is 0 Å². The molecule has 6 nitrogen and oxygen atoms in total. The molecule has 0 bridgehead atoms. The van der Waals surface area contributed by atoms with Crippen molar-refractivity contribution in [1.29, 1.82) is 0 Å². The van der Waals surface area contributed by atoms with Crippen molar-refractivity contribution in [2.75, 3.05) is 34.9 Å². The molecule has 36 heavy (non-hydrogen) atoms.